The summed E-state index contributed by atoms with van der Waals surface area (Å²) < 4.78 is 27.9. The molecule has 0 saturated carbocycles. The van der Waals surface area contributed by atoms with Crippen LogP contribution in [0.5, 0.6) is 0 Å². The van der Waals surface area contributed by atoms with Crippen LogP contribution < -0.4 is 0 Å². The summed E-state index contributed by atoms with van der Waals surface area (Å²) in [5.41, 5.74) is -0.345. The highest BCUT2D eigenvalue weighted by atomic mass is 32.2. The monoisotopic (exact) mass is 197 g/mol. The van der Waals surface area contributed by atoms with E-state index in [1.807, 2.05) is 13.8 Å². The normalized spacial score (nSPS) is 30.1. The van der Waals surface area contributed by atoms with Crippen LogP contribution in [0.25, 0.3) is 0 Å². The molecule has 0 N–H and O–H groups in total. The van der Waals surface area contributed by atoms with Crippen molar-refractivity contribution in [2.75, 3.05) is 6.61 Å². The van der Waals surface area contributed by atoms with Crippen LogP contribution in [0, 0.1) is 0 Å². The number of hydrogen-bond acceptors (Lipinski definition) is 3. The summed E-state index contributed by atoms with van der Waals surface area (Å²) in [6, 6.07) is 0. The summed E-state index contributed by atoms with van der Waals surface area (Å²) in [5, 5.41) is 0. The summed E-state index contributed by atoms with van der Waals surface area (Å²) >= 11 is 0. The fourth-order valence-corrected chi connectivity index (χ4v) is 2.28. The maximum Gasteiger partial charge on any atom is 0.341 e. The van der Waals surface area contributed by atoms with Gasteiger partial charge < -0.3 is 0 Å². The molecule has 1 atom stereocenters. The molecule has 1 fully saturated rings. The minimum absolute atomic E-state index is 0.278. The highest BCUT2D eigenvalue weighted by Gasteiger charge is 2.38. The van der Waals surface area contributed by atoms with Gasteiger partial charge in [0.1, 0.15) is 0 Å². The predicted molar refractivity (Wildman–Crippen MR) is 45.1 cm³/mol. The molecule has 66 valence electrons. The molecule has 1 aliphatic heterocycles. The summed E-state index contributed by atoms with van der Waals surface area (Å²) in [4.78, 5) is 0. The molecule has 0 aliphatic carbocycles. The van der Waals surface area contributed by atoms with Gasteiger partial charge in [-0.2, -0.15) is 12.5 Å². The highest BCUT2D eigenvalue weighted by Crippen LogP contribution is 2.31. The number of rotatable bonds is 0. The van der Waals surface area contributed by atoms with E-state index < -0.39 is 10.3 Å². The molecule has 0 aromatic rings. The predicted octanol–water partition coefficient (Wildman–Crippen LogP) is 0.522. The van der Waals surface area contributed by atoms with Gasteiger partial charge in [-0.15, -0.1) is 0 Å². The van der Waals surface area contributed by atoms with Crippen molar-refractivity contribution in [2.24, 2.45) is 0 Å². The van der Waals surface area contributed by atoms with Crippen molar-refractivity contribution in [1.29, 1.82) is 0 Å². The third-order valence-corrected chi connectivity index (χ3v) is 4.70. The molecule has 0 radical (unpaired) electrons. The second kappa shape index (κ2) is 2.66. The van der Waals surface area contributed by atoms with E-state index in [1.165, 1.54) is 4.08 Å². The largest absolute Gasteiger partial charge is 0.341 e. The third kappa shape index (κ3) is 1.72. The van der Waals surface area contributed by atoms with Crippen molar-refractivity contribution >= 4 is 19.7 Å². The minimum atomic E-state index is -3.47. The third-order valence-electron chi connectivity index (χ3n) is 1.78. The first-order chi connectivity index (χ1) is 4.86. The molecule has 0 aromatic heterocycles. The highest BCUT2D eigenvalue weighted by molar-refractivity contribution is 7.87. The summed E-state index contributed by atoms with van der Waals surface area (Å²) in [5.74, 6) is 0. The van der Waals surface area contributed by atoms with E-state index in [0.717, 1.165) is 6.42 Å². The fourth-order valence-electron chi connectivity index (χ4n) is 0.866. The van der Waals surface area contributed by atoms with E-state index in [0.29, 0.717) is 0 Å². The maximum atomic E-state index is 11.1. The standard InChI is InChI=1S/C5H12NO3PS/c1-5(2)3-4-9-11(7,8)6(5)10/h3-4,10H2,1-2H3. The Morgan fingerprint density at radius 1 is 1.55 bits per heavy atom. The Morgan fingerprint density at radius 2 is 2.09 bits per heavy atom. The zero-order valence-electron chi connectivity index (χ0n) is 6.57. The lowest BCUT2D eigenvalue weighted by atomic mass is 10.0. The molecule has 1 heterocycles. The van der Waals surface area contributed by atoms with Crippen molar-refractivity contribution < 1.29 is 12.6 Å². The molecule has 1 aliphatic rings. The van der Waals surface area contributed by atoms with Crippen LogP contribution in [0.4, 0.5) is 0 Å². The first kappa shape index (κ1) is 9.39. The quantitative estimate of drug-likeness (QED) is 0.532. The van der Waals surface area contributed by atoms with Gasteiger partial charge in [0.2, 0.25) is 0 Å². The minimum Gasteiger partial charge on any atom is -0.258 e. The van der Waals surface area contributed by atoms with Crippen molar-refractivity contribution in [1.82, 2.24) is 4.08 Å². The Kier molecular flexibility index (Phi) is 2.27. The topological polar surface area (TPSA) is 46.6 Å². The molecule has 6 heteroatoms. The number of hydrogen-bond donors (Lipinski definition) is 0. The second-order valence-electron chi connectivity index (χ2n) is 3.14. The first-order valence-electron chi connectivity index (χ1n) is 3.31. The van der Waals surface area contributed by atoms with Gasteiger partial charge in [0.15, 0.2) is 0 Å². The second-order valence-corrected chi connectivity index (χ2v) is 5.51. The Morgan fingerprint density at radius 3 is 2.45 bits per heavy atom. The van der Waals surface area contributed by atoms with Crippen molar-refractivity contribution in [2.45, 2.75) is 25.8 Å². The first-order valence-corrected chi connectivity index (χ1v) is 5.19. The van der Waals surface area contributed by atoms with Crippen LogP contribution in [0.15, 0.2) is 0 Å². The van der Waals surface area contributed by atoms with Crippen molar-refractivity contribution in [3.63, 3.8) is 0 Å². The van der Waals surface area contributed by atoms with Gasteiger partial charge in [0.05, 0.1) is 6.61 Å². The van der Waals surface area contributed by atoms with Gasteiger partial charge in [-0.25, -0.2) is 0 Å². The van der Waals surface area contributed by atoms with Gasteiger partial charge in [-0.05, 0) is 29.7 Å². The Bertz CT molecular complexity index is 248. The number of nitrogens with zero attached hydrogens (tertiary/aromatic N) is 1. The SMILES string of the molecule is CC1(C)CCOS(=O)(=O)N1P. The van der Waals surface area contributed by atoms with Gasteiger partial charge >= 0.3 is 10.3 Å². The summed E-state index contributed by atoms with van der Waals surface area (Å²) in [6.45, 7) is 4.00. The van der Waals surface area contributed by atoms with E-state index >= 15 is 0 Å². The van der Waals surface area contributed by atoms with Crippen LogP contribution >= 0.6 is 9.39 Å². The molecule has 0 spiro atoms. The molecule has 1 saturated heterocycles. The summed E-state index contributed by atoms with van der Waals surface area (Å²) in [6.07, 6.45) is 0.718. The van der Waals surface area contributed by atoms with E-state index in [2.05, 4.69) is 13.6 Å². The van der Waals surface area contributed by atoms with Crippen LogP contribution in [0.1, 0.15) is 20.3 Å². The molecular weight excluding hydrogens is 185 g/mol. The fraction of sp³-hybridized carbons (Fsp3) is 1.00. The molecule has 1 rings (SSSR count). The molecule has 0 amide bonds. The van der Waals surface area contributed by atoms with Crippen LogP contribution in [0.2, 0.25) is 0 Å². The lowest BCUT2D eigenvalue weighted by molar-refractivity contribution is 0.171. The van der Waals surface area contributed by atoms with Crippen molar-refractivity contribution in [3.8, 4) is 0 Å². The van der Waals surface area contributed by atoms with Gasteiger partial charge in [-0.3, -0.25) is 4.18 Å². The Balaban J connectivity index is 2.94. The molecule has 11 heavy (non-hydrogen) atoms. The van der Waals surface area contributed by atoms with Crippen LogP contribution in [-0.2, 0) is 14.5 Å². The molecule has 1 unspecified atom stereocenters. The Hall–Kier alpha value is 0.300. The molecule has 4 nitrogen and oxygen atoms in total. The van der Waals surface area contributed by atoms with Crippen LogP contribution in [0.3, 0.4) is 0 Å². The lowest BCUT2D eigenvalue weighted by Crippen LogP contribution is -2.46. The zero-order valence-corrected chi connectivity index (χ0v) is 8.54. The van der Waals surface area contributed by atoms with Gasteiger partial charge in [0.25, 0.3) is 0 Å². The molecule has 0 aromatic carbocycles. The maximum absolute atomic E-state index is 11.1. The van der Waals surface area contributed by atoms with E-state index in [1.54, 1.807) is 0 Å². The Labute approximate surface area is 69.4 Å². The van der Waals surface area contributed by atoms with Gasteiger partial charge in [0, 0.05) is 5.54 Å². The smallest absolute Gasteiger partial charge is 0.258 e. The lowest BCUT2D eigenvalue weighted by Gasteiger charge is -2.37. The average molecular weight is 197 g/mol. The van der Waals surface area contributed by atoms with Crippen LogP contribution in [-0.4, -0.2) is 24.6 Å². The zero-order chi connectivity index (χ0) is 8.70. The molecule has 0 bridgehead atoms. The molecular formula is C5H12NO3PS. The average Bonchev–Trinajstić information content (AvgIpc) is 1.82. The van der Waals surface area contributed by atoms with Gasteiger partial charge in [-0.1, -0.05) is 0 Å². The van der Waals surface area contributed by atoms with Crippen molar-refractivity contribution in [3.05, 3.63) is 0 Å². The summed E-state index contributed by atoms with van der Waals surface area (Å²) in [7, 11) is -1.31. The van der Waals surface area contributed by atoms with E-state index in [4.69, 9.17) is 0 Å². The van der Waals surface area contributed by atoms with E-state index in [9.17, 15) is 8.42 Å². The van der Waals surface area contributed by atoms with E-state index in [-0.39, 0.29) is 12.1 Å².